The van der Waals surface area contributed by atoms with Crippen molar-refractivity contribution in [1.82, 2.24) is 25.1 Å². The normalized spacial score (nSPS) is 27.8. The van der Waals surface area contributed by atoms with E-state index < -0.39 is 0 Å². The summed E-state index contributed by atoms with van der Waals surface area (Å²) in [6, 6.07) is 0.509. The van der Waals surface area contributed by atoms with Crippen molar-refractivity contribution in [2.24, 2.45) is 0 Å². The highest BCUT2D eigenvalue weighted by Gasteiger charge is 2.41. The van der Waals surface area contributed by atoms with E-state index in [4.69, 9.17) is 4.74 Å². The standard InChI is InChI=1S/C19H29N5O2/c25-18-2-1-17(3-6-22-18)24-9-10-26-19(14-24)4-7-23(8-5-19)13-16-11-20-15-21-12-16/h11-12,15,17H,1-10,13-14H2,(H,22,25). The summed E-state index contributed by atoms with van der Waals surface area (Å²) in [5.74, 6) is 0.202. The Morgan fingerprint density at radius 2 is 2.00 bits per heavy atom. The number of morpholine rings is 1. The van der Waals surface area contributed by atoms with Crippen LogP contribution < -0.4 is 5.32 Å². The van der Waals surface area contributed by atoms with Crippen molar-refractivity contribution in [1.29, 1.82) is 0 Å². The van der Waals surface area contributed by atoms with Gasteiger partial charge >= 0.3 is 0 Å². The highest BCUT2D eigenvalue weighted by molar-refractivity contribution is 5.76. The predicted molar refractivity (Wildman–Crippen MR) is 97.4 cm³/mol. The third kappa shape index (κ3) is 4.22. The number of piperidine rings is 1. The lowest BCUT2D eigenvalue weighted by Gasteiger charge is -2.49. The summed E-state index contributed by atoms with van der Waals surface area (Å²) in [6.45, 7) is 6.63. The summed E-state index contributed by atoms with van der Waals surface area (Å²) in [7, 11) is 0. The fraction of sp³-hybridized carbons (Fsp3) is 0.737. The zero-order valence-corrected chi connectivity index (χ0v) is 15.4. The average Bonchev–Trinajstić information content (AvgIpc) is 2.89. The zero-order valence-electron chi connectivity index (χ0n) is 15.4. The number of ether oxygens (including phenoxy) is 1. The SMILES string of the molecule is O=C1CCC(N2CCOC3(CCN(Cc4cncnc4)CC3)C2)CCN1. The van der Waals surface area contributed by atoms with Crippen LogP contribution in [0.2, 0.25) is 0 Å². The molecule has 3 aliphatic rings. The number of nitrogens with zero attached hydrogens (tertiary/aromatic N) is 4. The molecule has 1 unspecified atom stereocenters. The molecular formula is C19H29N5O2. The molecular weight excluding hydrogens is 330 g/mol. The van der Waals surface area contributed by atoms with Gasteiger partial charge < -0.3 is 10.1 Å². The van der Waals surface area contributed by atoms with Crippen molar-refractivity contribution in [2.75, 3.05) is 39.3 Å². The van der Waals surface area contributed by atoms with E-state index in [1.165, 1.54) is 5.56 Å². The minimum Gasteiger partial charge on any atom is -0.372 e. The Morgan fingerprint density at radius 3 is 2.81 bits per heavy atom. The van der Waals surface area contributed by atoms with Gasteiger partial charge in [0.15, 0.2) is 0 Å². The Labute approximate surface area is 155 Å². The van der Waals surface area contributed by atoms with E-state index in [0.29, 0.717) is 12.5 Å². The average molecular weight is 359 g/mol. The second-order valence-electron chi connectivity index (χ2n) is 7.86. The van der Waals surface area contributed by atoms with Gasteiger partial charge in [0.1, 0.15) is 6.33 Å². The van der Waals surface area contributed by atoms with Gasteiger partial charge in [0.2, 0.25) is 5.91 Å². The summed E-state index contributed by atoms with van der Waals surface area (Å²) in [5, 5.41) is 3.00. The number of rotatable bonds is 3. The molecule has 3 fully saturated rings. The van der Waals surface area contributed by atoms with Crippen molar-refractivity contribution in [3.63, 3.8) is 0 Å². The monoisotopic (exact) mass is 359 g/mol. The minimum atomic E-state index is -0.00825. The van der Waals surface area contributed by atoms with Gasteiger partial charge in [0, 0.05) is 69.7 Å². The number of hydrogen-bond donors (Lipinski definition) is 1. The van der Waals surface area contributed by atoms with Crippen LogP contribution in [0.3, 0.4) is 0 Å². The molecule has 0 aromatic carbocycles. The number of carbonyl (C=O) groups is 1. The van der Waals surface area contributed by atoms with Crippen LogP contribution in [0.5, 0.6) is 0 Å². The van der Waals surface area contributed by atoms with Crippen molar-refractivity contribution in [3.05, 3.63) is 24.3 Å². The molecule has 4 rings (SSSR count). The van der Waals surface area contributed by atoms with Crippen molar-refractivity contribution >= 4 is 5.91 Å². The fourth-order valence-corrected chi connectivity index (χ4v) is 4.55. The second kappa shape index (κ2) is 7.98. The molecule has 4 heterocycles. The van der Waals surface area contributed by atoms with Gasteiger partial charge in [-0.2, -0.15) is 0 Å². The summed E-state index contributed by atoms with van der Waals surface area (Å²) in [5.41, 5.74) is 1.16. The Hall–Kier alpha value is -1.57. The summed E-state index contributed by atoms with van der Waals surface area (Å²) in [6.07, 6.45) is 10.2. The van der Waals surface area contributed by atoms with Crippen LogP contribution in [-0.2, 0) is 16.1 Å². The maximum Gasteiger partial charge on any atom is 0.220 e. The summed E-state index contributed by atoms with van der Waals surface area (Å²) < 4.78 is 6.30. The number of nitrogens with one attached hydrogen (secondary N) is 1. The van der Waals surface area contributed by atoms with Crippen molar-refractivity contribution in [2.45, 2.75) is 50.3 Å². The Morgan fingerprint density at radius 1 is 1.19 bits per heavy atom. The van der Waals surface area contributed by atoms with E-state index in [9.17, 15) is 4.79 Å². The third-order valence-corrected chi connectivity index (χ3v) is 6.09. The van der Waals surface area contributed by atoms with E-state index in [1.54, 1.807) is 6.33 Å². The van der Waals surface area contributed by atoms with Gasteiger partial charge in [-0.15, -0.1) is 0 Å². The smallest absolute Gasteiger partial charge is 0.220 e. The molecule has 7 nitrogen and oxygen atoms in total. The lowest BCUT2D eigenvalue weighted by Crippen LogP contribution is -2.58. The third-order valence-electron chi connectivity index (χ3n) is 6.09. The quantitative estimate of drug-likeness (QED) is 0.861. The van der Waals surface area contributed by atoms with Crippen LogP contribution in [0.1, 0.15) is 37.7 Å². The first-order valence-electron chi connectivity index (χ1n) is 9.83. The van der Waals surface area contributed by atoms with Crippen LogP contribution in [-0.4, -0.2) is 76.6 Å². The van der Waals surface area contributed by atoms with Crippen LogP contribution >= 0.6 is 0 Å². The topological polar surface area (TPSA) is 70.6 Å². The Balaban J connectivity index is 1.32. The first-order chi connectivity index (χ1) is 12.7. The number of aromatic nitrogens is 2. The molecule has 3 aliphatic heterocycles. The molecule has 1 amide bonds. The Kier molecular flexibility index (Phi) is 5.47. The predicted octanol–water partition coefficient (Wildman–Crippen LogP) is 0.812. The maximum absolute atomic E-state index is 11.6. The lowest BCUT2D eigenvalue weighted by atomic mass is 9.88. The van der Waals surface area contributed by atoms with Crippen molar-refractivity contribution in [3.8, 4) is 0 Å². The van der Waals surface area contributed by atoms with Gasteiger partial charge in [-0.1, -0.05) is 0 Å². The van der Waals surface area contributed by atoms with E-state index >= 15 is 0 Å². The van der Waals surface area contributed by atoms with Gasteiger partial charge in [0.05, 0.1) is 12.2 Å². The van der Waals surface area contributed by atoms with Crippen LogP contribution in [0.15, 0.2) is 18.7 Å². The summed E-state index contributed by atoms with van der Waals surface area (Å²) in [4.78, 5) is 24.9. The first kappa shape index (κ1) is 17.8. The zero-order chi connectivity index (χ0) is 17.8. The largest absolute Gasteiger partial charge is 0.372 e. The van der Waals surface area contributed by atoms with E-state index in [2.05, 4.69) is 25.1 Å². The molecule has 1 spiro atoms. The van der Waals surface area contributed by atoms with Crippen LogP contribution in [0.4, 0.5) is 0 Å². The molecule has 1 atom stereocenters. The molecule has 7 heteroatoms. The van der Waals surface area contributed by atoms with Crippen LogP contribution in [0, 0.1) is 0 Å². The number of hydrogen-bond acceptors (Lipinski definition) is 6. The highest BCUT2D eigenvalue weighted by atomic mass is 16.5. The van der Waals surface area contributed by atoms with Crippen LogP contribution in [0.25, 0.3) is 0 Å². The number of amides is 1. The molecule has 0 saturated carbocycles. The highest BCUT2D eigenvalue weighted by Crippen LogP contribution is 2.32. The first-order valence-corrected chi connectivity index (χ1v) is 9.83. The molecule has 26 heavy (non-hydrogen) atoms. The maximum atomic E-state index is 11.6. The molecule has 0 aliphatic carbocycles. The number of carbonyl (C=O) groups excluding carboxylic acids is 1. The fourth-order valence-electron chi connectivity index (χ4n) is 4.55. The molecule has 0 bridgehead atoms. The summed E-state index contributed by atoms with van der Waals surface area (Å²) >= 11 is 0. The van der Waals surface area contributed by atoms with Crippen molar-refractivity contribution < 1.29 is 9.53 Å². The Bertz CT molecular complexity index is 603. The second-order valence-corrected chi connectivity index (χ2v) is 7.86. The molecule has 142 valence electrons. The number of likely N-dealkylation sites (tertiary alicyclic amines) is 1. The molecule has 3 saturated heterocycles. The molecule has 1 aromatic heterocycles. The van der Waals surface area contributed by atoms with Gasteiger partial charge in [-0.3, -0.25) is 14.6 Å². The minimum absolute atomic E-state index is 0.00825. The molecule has 0 radical (unpaired) electrons. The van der Waals surface area contributed by atoms with Gasteiger partial charge in [0.25, 0.3) is 0 Å². The lowest BCUT2D eigenvalue weighted by molar-refractivity contribution is -0.144. The van der Waals surface area contributed by atoms with E-state index in [-0.39, 0.29) is 11.5 Å². The van der Waals surface area contributed by atoms with Gasteiger partial charge in [-0.25, -0.2) is 9.97 Å². The molecule has 1 aromatic rings. The van der Waals surface area contributed by atoms with Gasteiger partial charge in [-0.05, 0) is 25.7 Å². The van der Waals surface area contributed by atoms with E-state index in [1.807, 2.05) is 12.4 Å². The van der Waals surface area contributed by atoms with E-state index in [0.717, 1.165) is 71.6 Å². The molecule has 1 N–H and O–H groups in total.